The molecule has 0 bridgehead atoms. The Kier molecular flexibility index (Phi) is 21.7. The molecule has 390 valence electrons. The van der Waals surface area contributed by atoms with Crippen LogP contribution in [0.4, 0.5) is 11.4 Å². The van der Waals surface area contributed by atoms with Gasteiger partial charge in [-0.2, -0.15) is 0 Å². The van der Waals surface area contributed by atoms with Gasteiger partial charge in [-0.05, 0) is 136 Å². The standard InChI is InChI=1S/C33H45N3O2.C30H39N3O2/c1-3-5-7-9-11-22-38-29-14-12-13-27(23-29)33(37)35-28-15-16-32-30(24-28)31(25-34-32)26-17-20-36(21-18-26)19-10-8-6-4-2;1-4-6-7-8-18-35-26-11-9-10-24(19-26)30(34)32-25-12-13-29-27(20-25)28(21-31-29)23-14-16-33(17-15-23)22(3)5-2/h12-17,23-25,34H,3-11,18-22H2,1-2H3,(H,35,37);9-14,19-22,31H,4-8,15-18H2,1-3H3,(H,32,34). The van der Waals surface area contributed by atoms with Crippen molar-refractivity contribution in [1.29, 1.82) is 0 Å². The van der Waals surface area contributed by atoms with Crippen molar-refractivity contribution in [2.45, 2.75) is 143 Å². The molecule has 2 aromatic heterocycles. The van der Waals surface area contributed by atoms with Gasteiger partial charge in [0.05, 0.1) is 13.2 Å². The Balaban J connectivity index is 0.000000214. The van der Waals surface area contributed by atoms with Crippen molar-refractivity contribution in [3.8, 4) is 11.5 Å². The first-order valence-electron chi connectivity index (χ1n) is 27.9. The van der Waals surface area contributed by atoms with Crippen LogP contribution in [0.3, 0.4) is 0 Å². The highest BCUT2D eigenvalue weighted by molar-refractivity contribution is 6.07. The molecule has 4 aromatic carbocycles. The number of benzene rings is 4. The Morgan fingerprint density at radius 2 is 1.07 bits per heavy atom. The molecule has 1 unspecified atom stereocenters. The van der Waals surface area contributed by atoms with Gasteiger partial charge in [0.15, 0.2) is 0 Å². The second kappa shape index (κ2) is 29.0. The Hall–Kier alpha value is -6.10. The smallest absolute Gasteiger partial charge is 0.255 e. The van der Waals surface area contributed by atoms with Crippen molar-refractivity contribution in [2.75, 3.05) is 56.6 Å². The summed E-state index contributed by atoms with van der Waals surface area (Å²) in [5, 5.41) is 8.47. The summed E-state index contributed by atoms with van der Waals surface area (Å²) in [7, 11) is 0. The number of unbranched alkanes of at least 4 members (excludes halogenated alkanes) is 10. The van der Waals surface area contributed by atoms with E-state index in [2.05, 4.69) is 108 Å². The van der Waals surface area contributed by atoms with Gasteiger partial charge in [-0.1, -0.05) is 116 Å². The van der Waals surface area contributed by atoms with Crippen LogP contribution in [0, 0.1) is 0 Å². The minimum absolute atomic E-state index is 0.120. The number of aromatic amines is 2. The lowest BCUT2D eigenvalue weighted by Crippen LogP contribution is -2.35. The molecular formula is C63H84N6O4. The molecule has 2 aliphatic heterocycles. The highest BCUT2D eigenvalue weighted by Crippen LogP contribution is 2.33. The summed E-state index contributed by atoms with van der Waals surface area (Å²) in [4.78, 5) is 37.9. The number of nitrogens with one attached hydrogen (secondary N) is 4. The highest BCUT2D eigenvalue weighted by Gasteiger charge is 2.20. The van der Waals surface area contributed by atoms with Crippen molar-refractivity contribution in [2.24, 2.45) is 0 Å². The second-order valence-electron chi connectivity index (χ2n) is 20.1. The van der Waals surface area contributed by atoms with Gasteiger partial charge in [-0.15, -0.1) is 0 Å². The maximum absolute atomic E-state index is 13.0. The molecule has 2 amide bonds. The fourth-order valence-corrected chi connectivity index (χ4v) is 9.91. The van der Waals surface area contributed by atoms with E-state index in [4.69, 9.17) is 9.47 Å². The first-order chi connectivity index (χ1) is 35.8. The molecule has 10 heteroatoms. The van der Waals surface area contributed by atoms with Crippen LogP contribution in [-0.2, 0) is 0 Å². The zero-order chi connectivity index (χ0) is 51.2. The van der Waals surface area contributed by atoms with Gasteiger partial charge in [0.2, 0.25) is 0 Å². The van der Waals surface area contributed by atoms with Crippen LogP contribution in [0.25, 0.3) is 33.0 Å². The van der Waals surface area contributed by atoms with Gasteiger partial charge in [-0.25, -0.2) is 0 Å². The topological polar surface area (TPSA) is 115 Å². The molecule has 73 heavy (non-hydrogen) atoms. The fourth-order valence-electron chi connectivity index (χ4n) is 9.91. The summed E-state index contributed by atoms with van der Waals surface area (Å²) in [5.41, 5.74) is 10.2. The maximum Gasteiger partial charge on any atom is 0.255 e. The van der Waals surface area contributed by atoms with Gasteiger partial charge in [0.25, 0.3) is 11.8 Å². The molecule has 0 radical (unpaired) electrons. The molecule has 4 heterocycles. The van der Waals surface area contributed by atoms with E-state index in [0.717, 1.165) is 96.5 Å². The van der Waals surface area contributed by atoms with Crippen LogP contribution in [-0.4, -0.2) is 83.6 Å². The van der Waals surface area contributed by atoms with E-state index in [0.29, 0.717) is 30.4 Å². The highest BCUT2D eigenvalue weighted by atomic mass is 16.5. The number of hydrogen-bond acceptors (Lipinski definition) is 6. The number of hydrogen-bond donors (Lipinski definition) is 4. The SMILES string of the molecule is CCCCCCCOc1cccc(C(=O)Nc2ccc3[nH]cc(C4=CCN(CCCCCC)CC4)c3c2)c1.CCCCCCOc1cccc(C(=O)Nc2ccc3[nH]cc(C4=CCN(C(C)CC)CC4)c3c2)c1. The number of rotatable bonds is 26. The third-order valence-electron chi connectivity index (χ3n) is 14.6. The maximum atomic E-state index is 13.0. The quantitative estimate of drug-likeness (QED) is 0.0403. The van der Waals surface area contributed by atoms with Gasteiger partial charge >= 0.3 is 0 Å². The van der Waals surface area contributed by atoms with Gasteiger partial charge in [0, 0.05) is 100 Å². The minimum Gasteiger partial charge on any atom is -0.494 e. The predicted molar refractivity (Wildman–Crippen MR) is 306 cm³/mol. The number of amides is 2. The van der Waals surface area contributed by atoms with Crippen molar-refractivity contribution < 1.29 is 19.1 Å². The van der Waals surface area contributed by atoms with Crippen LogP contribution >= 0.6 is 0 Å². The molecule has 0 fully saturated rings. The third-order valence-corrected chi connectivity index (χ3v) is 14.6. The second-order valence-corrected chi connectivity index (χ2v) is 20.1. The summed E-state index contributed by atoms with van der Waals surface area (Å²) < 4.78 is 11.8. The fraction of sp³-hybridized carbons (Fsp3) is 0.460. The predicted octanol–water partition coefficient (Wildman–Crippen LogP) is 15.7. The lowest BCUT2D eigenvalue weighted by Gasteiger charge is -2.31. The summed E-state index contributed by atoms with van der Waals surface area (Å²) in [6.45, 7) is 18.0. The zero-order valence-electron chi connectivity index (χ0n) is 44.8. The third kappa shape index (κ3) is 16.2. The Labute approximate surface area is 436 Å². The lowest BCUT2D eigenvalue weighted by molar-refractivity contribution is 0.101. The first-order valence-corrected chi connectivity index (χ1v) is 27.9. The van der Waals surface area contributed by atoms with Crippen LogP contribution < -0.4 is 20.1 Å². The van der Waals surface area contributed by atoms with Crippen LogP contribution in [0.5, 0.6) is 11.5 Å². The number of fused-ring (bicyclic) bond motifs is 2. The van der Waals surface area contributed by atoms with E-state index in [1.807, 2.05) is 66.7 Å². The summed E-state index contributed by atoms with van der Waals surface area (Å²) in [5.74, 6) is 1.25. The summed E-state index contributed by atoms with van der Waals surface area (Å²) in [6, 6.07) is 27.7. The van der Waals surface area contributed by atoms with Crippen LogP contribution in [0.15, 0.2) is 109 Å². The molecule has 10 nitrogen and oxygen atoms in total. The lowest BCUT2D eigenvalue weighted by atomic mass is 9.97. The van der Waals surface area contributed by atoms with Crippen molar-refractivity contribution in [3.63, 3.8) is 0 Å². The first kappa shape index (κ1) is 54.7. The molecule has 6 aromatic rings. The number of carbonyl (C=O) groups is 2. The van der Waals surface area contributed by atoms with Gasteiger partial charge < -0.3 is 30.1 Å². The molecule has 4 N–H and O–H groups in total. The number of nitrogens with zero attached hydrogens (tertiary/aromatic N) is 2. The van der Waals surface area contributed by atoms with E-state index in [9.17, 15) is 9.59 Å². The number of ether oxygens (including phenoxy) is 2. The largest absolute Gasteiger partial charge is 0.494 e. The van der Waals surface area contributed by atoms with Crippen LogP contribution in [0.1, 0.15) is 169 Å². The summed E-state index contributed by atoms with van der Waals surface area (Å²) in [6.07, 6.45) is 28.1. The van der Waals surface area contributed by atoms with E-state index in [1.165, 1.54) is 106 Å². The molecule has 0 saturated heterocycles. The number of anilines is 2. The normalized spacial score (nSPS) is 14.5. The van der Waals surface area contributed by atoms with Crippen molar-refractivity contribution in [3.05, 3.63) is 132 Å². The Morgan fingerprint density at radius 3 is 1.55 bits per heavy atom. The van der Waals surface area contributed by atoms with Crippen molar-refractivity contribution in [1.82, 2.24) is 19.8 Å². The Morgan fingerprint density at radius 1 is 0.575 bits per heavy atom. The molecule has 0 spiro atoms. The summed E-state index contributed by atoms with van der Waals surface area (Å²) >= 11 is 0. The molecular weight excluding hydrogens is 905 g/mol. The van der Waals surface area contributed by atoms with E-state index >= 15 is 0 Å². The molecule has 2 aliphatic rings. The van der Waals surface area contributed by atoms with Gasteiger partial charge in [-0.3, -0.25) is 19.4 Å². The average Bonchev–Trinajstić information content (AvgIpc) is 4.05. The van der Waals surface area contributed by atoms with E-state index in [-0.39, 0.29) is 11.8 Å². The Bertz CT molecular complexity index is 2730. The number of aromatic nitrogens is 2. The van der Waals surface area contributed by atoms with Crippen LogP contribution in [0.2, 0.25) is 0 Å². The average molecular weight is 989 g/mol. The zero-order valence-corrected chi connectivity index (χ0v) is 44.8. The van der Waals surface area contributed by atoms with Crippen molar-refractivity contribution >= 4 is 56.1 Å². The number of carbonyl (C=O) groups excluding carboxylic acids is 2. The van der Waals surface area contributed by atoms with Gasteiger partial charge in [0.1, 0.15) is 11.5 Å². The van der Waals surface area contributed by atoms with E-state index in [1.54, 1.807) is 0 Å². The molecule has 1 atom stereocenters. The molecule has 0 saturated carbocycles. The minimum atomic E-state index is -0.126. The number of H-pyrrole nitrogens is 2. The molecule has 0 aliphatic carbocycles. The van der Waals surface area contributed by atoms with E-state index < -0.39 is 0 Å². The molecule has 8 rings (SSSR count). The monoisotopic (exact) mass is 989 g/mol.